The van der Waals surface area contributed by atoms with Gasteiger partial charge in [-0.2, -0.15) is 13.2 Å². The summed E-state index contributed by atoms with van der Waals surface area (Å²) in [5.41, 5.74) is -0.282. The number of nitrogens with one attached hydrogen (secondary N) is 1. The number of thiocarbonyl (C=S) groups is 1. The Labute approximate surface area is 134 Å². The molecule has 2 rings (SSSR count). The van der Waals surface area contributed by atoms with Gasteiger partial charge in [0, 0.05) is 18.3 Å². The van der Waals surface area contributed by atoms with Crippen molar-refractivity contribution in [3.63, 3.8) is 0 Å². The summed E-state index contributed by atoms with van der Waals surface area (Å²) >= 11 is 5.41. The van der Waals surface area contributed by atoms with E-state index in [1.165, 1.54) is 25.3 Å². The fourth-order valence-corrected chi connectivity index (χ4v) is 3.32. The van der Waals surface area contributed by atoms with Crippen LogP contribution in [-0.2, 0) is 6.18 Å². The van der Waals surface area contributed by atoms with E-state index in [2.05, 4.69) is 10.2 Å². The average Bonchev–Trinajstić information content (AvgIpc) is 2.48. The smallest absolute Gasteiger partial charge is 0.346 e. The second-order valence-corrected chi connectivity index (χ2v) is 5.97. The third kappa shape index (κ3) is 4.35. The van der Waals surface area contributed by atoms with Crippen LogP contribution in [0, 0.1) is 0 Å². The molecule has 0 bridgehead atoms. The molecule has 2 nitrogen and oxygen atoms in total. The van der Waals surface area contributed by atoms with Crippen molar-refractivity contribution in [2.45, 2.75) is 51.2 Å². The third-order valence-corrected chi connectivity index (χ3v) is 4.39. The molecular formula is C16H21F3N2S. The van der Waals surface area contributed by atoms with Crippen LogP contribution in [-0.4, -0.2) is 22.6 Å². The van der Waals surface area contributed by atoms with Crippen LogP contribution in [0.2, 0.25) is 0 Å². The largest absolute Gasteiger partial charge is 0.416 e. The normalized spacial score (nSPS) is 16.4. The highest BCUT2D eigenvalue weighted by Gasteiger charge is 2.30. The molecule has 22 heavy (non-hydrogen) atoms. The standard InChI is InChI=1S/C16H21F3N2S/c1-2-21(14-9-4-3-5-10-14)15(22)20-13-8-6-7-12(11-13)16(17,18)19/h6-8,11,14H,2-5,9-10H2,1H3,(H,20,22). The fraction of sp³-hybridized carbons (Fsp3) is 0.562. The number of hydrogen-bond donors (Lipinski definition) is 1. The van der Waals surface area contributed by atoms with Gasteiger partial charge in [-0.15, -0.1) is 0 Å². The lowest BCUT2D eigenvalue weighted by Gasteiger charge is -2.35. The van der Waals surface area contributed by atoms with Crippen LogP contribution in [0.5, 0.6) is 0 Å². The minimum Gasteiger partial charge on any atom is -0.346 e. The molecule has 0 aromatic heterocycles. The maximum atomic E-state index is 12.7. The zero-order chi connectivity index (χ0) is 16.2. The van der Waals surface area contributed by atoms with Gasteiger partial charge >= 0.3 is 6.18 Å². The Morgan fingerprint density at radius 2 is 1.95 bits per heavy atom. The Kier molecular flexibility index (Phi) is 5.67. The minimum atomic E-state index is -4.34. The predicted molar refractivity (Wildman–Crippen MR) is 86.9 cm³/mol. The van der Waals surface area contributed by atoms with Gasteiger partial charge in [0.25, 0.3) is 0 Å². The van der Waals surface area contributed by atoms with Crippen molar-refractivity contribution in [3.8, 4) is 0 Å². The van der Waals surface area contributed by atoms with Gasteiger partial charge in [0.1, 0.15) is 0 Å². The van der Waals surface area contributed by atoms with E-state index in [1.807, 2.05) is 6.92 Å². The Morgan fingerprint density at radius 1 is 1.27 bits per heavy atom. The Hall–Kier alpha value is -1.30. The molecule has 1 N–H and O–H groups in total. The highest BCUT2D eigenvalue weighted by Crippen LogP contribution is 2.31. The van der Waals surface area contributed by atoms with E-state index in [9.17, 15) is 13.2 Å². The Morgan fingerprint density at radius 3 is 2.55 bits per heavy atom. The van der Waals surface area contributed by atoms with Gasteiger partial charge in [0.15, 0.2) is 5.11 Å². The fourth-order valence-electron chi connectivity index (χ4n) is 2.93. The molecule has 0 saturated heterocycles. The van der Waals surface area contributed by atoms with Crippen molar-refractivity contribution in [1.82, 2.24) is 4.90 Å². The summed E-state index contributed by atoms with van der Waals surface area (Å²) < 4.78 is 38.2. The highest BCUT2D eigenvalue weighted by molar-refractivity contribution is 7.80. The van der Waals surface area contributed by atoms with Crippen molar-refractivity contribution in [3.05, 3.63) is 29.8 Å². The summed E-state index contributed by atoms with van der Waals surface area (Å²) in [7, 11) is 0. The van der Waals surface area contributed by atoms with Crippen molar-refractivity contribution >= 4 is 23.0 Å². The zero-order valence-electron chi connectivity index (χ0n) is 12.6. The first-order valence-corrected chi connectivity index (χ1v) is 8.07. The molecule has 6 heteroatoms. The number of rotatable bonds is 3. The molecule has 0 heterocycles. The number of anilines is 1. The van der Waals surface area contributed by atoms with Gasteiger partial charge in [-0.1, -0.05) is 25.3 Å². The van der Waals surface area contributed by atoms with Crippen LogP contribution in [0.25, 0.3) is 0 Å². The highest BCUT2D eigenvalue weighted by atomic mass is 32.1. The summed E-state index contributed by atoms with van der Waals surface area (Å²) in [6, 6.07) is 5.55. The lowest BCUT2D eigenvalue weighted by Crippen LogP contribution is -2.43. The maximum Gasteiger partial charge on any atom is 0.416 e. The third-order valence-electron chi connectivity index (χ3n) is 4.06. The van der Waals surface area contributed by atoms with E-state index < -0.39 is 11.7 Å². The van der Waals surface area contributed by atoms with Gasteiger partial charge in [-0.05, 0) is 50.2 Å². The second kappa shape index (κ2) is 7.31. The summed E-state index contributed by atoms with van der Waals surface area (Å²) in [5, 5.41) is 3.47. The zero-order valence-corrected chi connectivity index (χ0v) is 13.4. The van der Waals surface area contributed by atoms with Crippen LogP contribution >= 0.6 is 12.2 Å². The number of benzene rings is 1. The summed E-state index contributed by atoms with van der Waals surface area (Å²) in [6.45, 7) is 2.78. The molecule has 0 radical (unpaired) electrons. The van der Waals surface area contributed by atoms with Crippen LogP contribution < -0.4 is 5.32 Å². The molecule has 0 aliphatic heterocycles. The van der Waals surface area contributed by atoms with E-state index in [4.69, 9.17) is 12.2 Å². The SMILES string of the molecule is CCN(C(=S)Nc1cccc(C(F)(F)F)c1)C1CCCCC1. The minimum absolute atomic E-state index is 0.383. The first kappa shape index (κ1) is 17.1. The first-order chi connectivity index (χ1) is 10.4. The second-order valence-electron chi connectivity index (χ2n) is 5.59. The molecule has 0 spiro atoms. The first-order valence-electron chi connectivity index (χ1n) is 7.66. The molecule has 122 valence electrons. The molecule has 0 unspecified atom stereocenters. The molecule has 0 atom stereocenters. The predicted octanol–water partition coefficient (Wildman–Crippen LogP) is 5.06. The van der Waals surface area contributed by atoms with E-state index >= 15 is 0 Å². The lowest BCUT2D eigenvalue weighted by atomic mass is 9.94. The van der Waals surface area contributed by atoms with E-state index in [0.29, 0.717) is 16.8 Å². The average molecular weight is 330 g/mol. The number of halogens is 3. The Bertz CT molecular complexity index is 510. The number of alkyl halides is 3. The van der Waals surface area contributed by atoms with Crippen molar-refractivity contribution in [1.29, 1.82) is 0 Å². The summed E-state index contributed by atoms with van der Waals surface area (Å²) in [4.78, 5) is 2.09. The maximum absolute atomic E-state index is 12.7. The molecule has 0 amide bonds. The van der Waals surface area contributed by atoms with Gasteiger partial charge < -0.3 is 10.2 Å². The molecule has 1 aromatic carbocycles. The van der Waals surface area contributed by atoms with Crippen molar-refractivity contribution in [2.75, 3.05) is 11.9 Å². The van der Waals surface area contributed by atoms with Crippen LogP contribution in [0.1, 0.15) is 44.6 Å². The monoisotopic (exact) mass is 330 g/mol. The lowest BCUT2D eigenvalue weighted by molar-refractivity contribution is -0.137. The quantitative estimate of drug-likeness (QED) is 0.780. The number of nitrogens with zero attached hydrogens (tertiary/aromatic N) is 1. The molecule has 1 aliphatic carbocycles. The van der Waals surface area contributed by atoms with Crippen LogP contribution in [0.3, 0.4) is 0 Å². The molecule has 1 aliphatic rings. The summed E-state index contributed by atoms with van der Waals surface area (Å²) in [6.07, 6.45) is 1.48. The molecule has 1 aromatic rings. The molecule has 1 fully saturated rings. The van der Waals surface area contributed by atoms with E-state index in [1.54, 1.807) is 6.07 Å². The van der Waals surface area contributed by atoms with E-state index in [0.717, 1.165) is 31.5 Å². The van der Waals surface area contributed by atoms with E-state index in [-0.39, 0.29) is 0 Å². The van der Waals surface area contributed by atoms with Crippen LogP contribution in [0.15, 0.2) is 24.3 Å². The van der Waals surface area contributed by atoms with Gasteiger partial charge in [-0.3, -0.25) is 0 Å². The van der Waals surface area contributed by atoms with Crippen molar-refractivity contribution < 1.29 is 13.2 Å². The van der Waals surface area contributed by atoms with Crippen LogP contribution in [0.4, 0.5) is 18.9 Å². The molecule has 1 saturated carbocycles. The summed E-state index contributed by atoms with van der Waals surface area (Å²) in [5.74, 6) is 0. The number of hydrogen-bond acceptors (Lipinski definition) is 1. The van der Waals surface area contributed by atoms with Gasteiger partial charge in [0.05, 0.1) is 5.56 Å². The van der Waals surface area contributed by atoms with Gasteiger partial charge in [0.2, 0.25) is 0 Å². The topological polar surface area (TPSA) is 15.3 Å². The Balaban J connectivity index is 2.06. The van der Waals surface area contributed by atoms with Gasteiger partial charge in [-0.25, -0.2) is 0 Å². The van der Waals surface area contributed by atoms with Crippen molar-refractivity contribution in [2.24, 2.45) is 0 Å². The molecular weight excluding hydrogens is 309 g/mol.